The molecule has 18 heavy (non-hydrogen) atoms. The number of nitrogens with one attached hydrogen (secondary N) is 1. The van der Waals surface area contributed by atoms with E-state index in [4.69, 9.17) is 0 Å². The largest absolute Gasteiger partial charge is 0.312 e. The fraction of sp³-hybridized carbons (Fsp3) is 0.231. The van der Waals surface area contributed by atoms with Crippen LogP contribution in [0.15, 0.2) is 38.6 Å². The van der Waals surface area contributed by atoms with Gasteiger partial charge in [-0.2, -0.15) is 0 Å². The molecule has 1 heterocycles. The summed E-state index contributed by atoms with van der Waals surface area (Å²) in [4.78, 5) is 1.26. The minimum absolute atomic E-state index is 0.225. The topological polar surface area (TPSA) is 12.0 Å². The van der Waals surface area contributed by atoms with Crippen LogP contribution in [0.4, 0.5) is 4.39 Å². The van der Waals surface area contributed by atoms with Gasteiger partial charge in [-0.3, -0.25) is 0 Å². The summed E-state index contributed by atoms with van der Waals surface area (Å²) in [5.41, 5.74) is 1.10. The van der Waals surface area contributed by atoms with Gasteiger partial charge in [-0.05, 0) is 74.5 Å². The number of thiophene rings is 1. The Labute approximate surface area is 127 Å². The Bertz CT molecular complexity index is 542. The van der Waals surface area contributed by atoms with Gasteiger partial charge in [0.25, 0.3) is 0 Å². The van der Waals surface area contributed by atoms with Crippen LogP contribution in [0.25, 0.3) is 0 Å². The number of likely N-dealkylation sites (N-methyl/N-ethyl adjacent to an activating group) is 1. The van der Waals surface area contributed by atoms with Crippen LogP contribution < -0.4 is 5.32 Å². The molecule has 0 amide bonds. The summed E-state index contributed by atoms with van der Waals surface area (Å²) in [6, 6.07) is 7.44. The zero-order valence-electron chi connectivity index (χ0n) is 9.71. The van der Waals surface area contributed by atoms with Crippen LogP contribution in [-0.2, 0) is 6.42 Å². The first-order valence-corrected chi connectivity index (χ1v) is 7.92. The SMILES string of the molecule is CNC(Cc1ccc(F)c(Br)c1)c1sccc1Br. The van der Waals surface area contributed by atoms with Crippen molar-refractivity contribution in [2.24, 2.45) is 0 Å². The van der Waals surface area contributed by atoms with E-state index in [0.717, 1.165) is 16.5 Å². The maximum absolute atomic E-state index is 13.2. The third-order valence-electron chi connectivity index (χ3n) is 2.73. The molecule has 1 unspecified atom stereocenters. The van der Waals surface area contributed by atoms with Crippen LogP contribution in [-0.4, -0.2) is 7.05 Å². The highest BCUT2D eigenvalue weighted by Gasteiger charge is 2.15. The minimum Gasteiger partial charge on any atom is -0.312 e. The van der Waals surface area contributed by atoms with Crippen LogP contribution in [0, 0.1) is 5.82 Å². The lowest BCUT2D eigenvalue weighted by Crippen LogP contribution is -2.18. The predicted octanol–water partition coefficient (Wildman–Crippen LogP) is 4.92. The molecule has 0 bridgehead atoms. The van der Waals surface area contributed by atoms with E-state index in [1.807, 2.05) is 25.2 Å². The van der Waals surface area contributed by atoms with Gasteiger partial charge in [0.15, 0.2) is 0 Å². The summed E-state index contributed by atoms with van der Waals surface area (Å²) in [7, 11) is 1.94. The predicted molar refractivity (Wildman–Crippen MR) is 81.6 cm³/mol. The van der Waals surface area contributed by atoms with Gasteiger partial charge in [-0.25, -0.2) is 4.39 Å². The molecule has 96 valence electrons. The molecule has 0 radical (unpaired) electrons. The number of hydrogen-bond acceptors (Lipinski definition) is 2. The standard InChI is InChI=1S/C13H12Br2FNS/c1-17-12(13-9(14)4-5-18-13)7-8-2-3-11(16)10(15)6-8/h2-6,12,17H,7H2,1H3. The van der Waals surface area contributed by atoms with Gasteiger partial charge in [0.1, 0.15) is 5.82 Å². The van der Waals surface area contributed by atoms with E-state index in [0.29, 0.717) is 4.47 Å². The molecule has 2 rings (SSSR count). The number of hydrogen-bond donors (Lipinski definition) is 1. The van der Waals surface area contributed by atoms with Gasteiger partial charge in [0.2, 0.25) is 0 Å². The van der Waals surface area contributed by atoms with E-state index in [2.05, 4.69) is 42.6 Å². The number of halogens is 3. The second-order valence-electron chi connectivity index (χ2n) is 3.93. The van der Waals surface area contributed by atoms with E-state index in [-0.39, 0.29) is 11.9 Å². The first-order chi connectivity index (χ1) is 8.61. The summed E-state index contributed by atoms with van der Waals surface area (Å²) < 4.78 is 14.8. The first kappa shape index (κ1) is 14.2. The molecule has 1 aromatic carbocycles. The zero-order chi connectivity index (χ0) is 13.1. The Morgan fingerprint density at radius 3 is 2.61 bits per heavy atom. The third kappa shape index (κ3) is 3.20. The van der Waals surface area contributed by atoms with Crippen LogP contribution in [0.3, 0.4) is 0 Å². The fourth-order valence-corrected chi connectivity index (χ4v) is 3.97. The molecular formula is C13H12Br2FNS. The van der Waals surface area contributed by atoms with E-state index in [1.165, 1.54) is 10.9 Å². The first-order valence-electron chi connectivity index (χ1n) is 5.46. The molecule has 2 aromatic rings. The maximum atomic E-state index is 13.2. The van der Waals surface area contributed by atoms with Crippen molar-refractivity contribution in [3.63, 3.8) is 0 Å². The van der Waals surface area contributed by atoms with Crippen molar-refractivity contribution in [1.29, 1.82) is 0 Å². The van der Waals surface area contributed by atoms with Crippen molar-refractivity contribution in [2.45, 2.75) is 12.5 Å². The molecule has 5 heteroatoms. The average molecular weight is 393 g/mol. The fourth-order valence-electron chi connectivity index (χ4n) is 1.78. The van der Waals surface area contributed by atoms with Crippen LogP contribution >= 0.6 is 43.2 Å². The normalized spacial score (nSPS) is 12.7. The molecule has 0 aliphatic carbocycles. The summed E-state index contributed by atoms with van der Waals surface area (Å²) in [5, 5.41) is 5.36. The summed E-state index contributed by atoms with van der Waals surface area (Å²) >= 11 is 8.48. The van der Waals surface area contributed by atoms with Crippen molar-refractivity contribution in [1.82, 2.24) is 5.32 Å². The molecule has 1 aromatic heterocycles. The Morgan fingerprint density at radius 2 is 2.06 bits per heavy atom. The van der Waals surface area contributed by atoms with Gasteiger partial charge in [0.05, 0.1) is 4.47 Å². The van der Waals surface area contributed by atoms with Crippen LogP contribution in [0.1, 0.15) is 16.5 Å². The molecule has 0 fully saturated rings. The Hall–Kier alpha value is -0.230. The van der Waals surface area contributed by atoms with Gasteiger partial charge in [0, 0.05) is 15.4 Å². The average Bonchev–Trinajstić information content (AvgIpc) is 2.77. The van der Waals surface area contributed by atoms with Gasteiger partial charge in [-0.1, -0.05) is 6.07 Å². The van der Waals surface area contributed by atoms with E-state index >= 15 is 0 Å². The van der Waals surface area contributed by atoms with Crippen LogP contribution in [0.2, 0.25) is 0 Å². The third-order valence-corrected chi connectivity index (χ3v) is 5.33. The van der Waals surface area contributed by atoms with E-state index in [9.17, 15) is 4.39 Å². The highest BCUT2D eigenvalue weighted by molar-refractivity contribution is 9.10. The summed E-state index contributed by atoms with van der Waals surface area (Å²) in [5.74, 6) is -0.225. The van der Waals surface area contributed by atoms with Crippen LogP contribution in [0.5, 0.6) is 0 Å². The van der Waals surface area contributed by atoms with E-state index < -0.39 is 0 Å². The lowest BCUT2D eigenvalue weighted by Gasteiger charge is -2.15. The second kappa shape index (κ2) is 6.28. The number of rotatable bonds is 4. The molecule has 0 aliphatic rings. The van der Waals surface area contributed by atoms with Gasteiger partial charge >= 0.3 is 0 Å². The molecule has 0 saturated carbocycles. The summed E-state index contributed by atoms with van der Waals surface area (Å²) in [6.07, 6.45) is 0.828. The Kier molecular flexibility index (Phi) is 4.95. The lowest BCUT2D eigenvalue weighted by atomic mass is 10.0. The second-order valence-corrected chi connectivity index (χ2v) is 6.58. The Morgan fingerprint density at radius 1 is 1.28 bits per heavy atom. The van der Waals surface area contributed by atoms with Crippen molar-refractivity contribution >= 4 is 43.2 Å². The lowest BCUT2D eigenvalue weighted by molar-refractivity contribution is 0.594. The summed E-state index contributed by atoms with van der Waals surface area (Å²) in [6.45, 7) is 0. The Balaban J connectivity index is 2.20. The quantitative estimate of drug-likeness (QED) is 0.778. The van der Waals surface area contributed by atoms with Crippen molar-refractivity contribution < 1.29 is 4.39 Å². The molecule has 0 saturated heterocycles. The monoisotopic (exact) mass is 391 g/mol. The van der Waals surface area contributed by atoms with Crippen molar-refractivity contribution in [2.75, 3.05) is 7.05 Å². The molecular weight excluding hydrogens is 381 g/mol. The van der Waals surface area contributed by atoms with Gasteiger partial charge in [-0.15, -0.1) is 11.3 Å². The molecule has 0 spiro atoms. The highest BCUT2D eigenvalue weighted by atomic mass is 79.9. The van der Waals surface area contributed by atoms with Gasteiger partial charge < -0.3 is 5.32 Å². The maximum Gasteiger partial charge on any atom is 0.137 e. The number of benzene rings is 1. The molecule has 0 aliphatic heterocycles. The molecule has 1 atom stereocenters. The minimum atomic E-state index is -0.225. The smallest absolute Gasteiger partial charge is 0.137 e. The van der Waals surface area contributed by atoms with Crippen molar-refractivity contribution in [3.8, 4) is 0 Å². The van der Waals surface area contributed by atoms with Crippen molar-refractivity contribution in [3.05, 3.63) is 54.8 Å². The zero-order valence-corrected chi connectivity index (χ0v) is 13.7. The van der Waals surface area contributed by atoms with E-state index in [1.54, 1.807) is 11.3 Å². The molecule has 1 N–H and O–H groups in total. The highest BCUT2D eigenvalue weighted by Crippen LogP contribution is 2.31. The molecule has 1 nitrogen and oxygen atoms in total.